The van der Waals surface area contributed by atoms with E-state index in [0.717, 1.165) is 5.56 Å². The summed E-state index contributed by atoms with van der Waals surface area (Å²) in [7, 11) is 3.14. The van der Waals surface area contributed by atoms with Gasteiger partial charge in [0.1, 0.15) is 16.9 Å². The number of hydrogen-bond donors (Lipinski definition) is 2. The highest BCUT2D eigenvalue weighted by atomic mass is 16.5. The molecule has 0 fully saturated rings. The molecule has 9 heteroatoms. The van der Waals surface area contributed by atoms with Gasteiger partial charge in [0.15, 0.2) is 17.1 Å². The Bertz CT molecular complexity index is 1360. The van der Waals surface area contributed by atoms with Crippen LogP contribution in [0.25, 0.3) is 22.2 Å². The van der Waals surface area contributed by atoms with Gasteiger partial charge in [0.2, 0.25) is 0 Å². The number of para-hydroxylation sites is 2. The second-order valence-corrected chi connectivity index (χ2v) is 7.92. The molecule has 4 aromatic rings. The zero-order valence-corrected chi connectivity index (χ0v) is 19.0. The fourth-order valence-corrected chi connectivity index (χ4v) is 3.43. The molecule has 0 radical (unpaired) electrons. The average Bonchev–Trinajstić information content (AvgIpc) is 3.09. The molecule has 0 saturated carbocycles. The van der Waals surface area contributed by atoms with E-state index in [1.165, 1.54) is 4.68 Å². The quantitative estimate of drug-likeness (QED) is 0.420. The summed E-state index contributed by atoms with van der Waals surface area (Å²) in [5.41, 5.74) is 9.58. The Morgan fingerprint density at radius 2 is 1.82 bits per heavy atom. The summed E-state index contributed by atoms with van der Waals surface area (Å²) in [6.07, 6.45) is 1.62. The Hall–Kier alpha value is -4.14. The van der Waals surface area contributed by atoms with Gasteiger partial charge in [0.25, 0.3) is 5.91 Å². The van der Waals surface area contributed by atoms with Crippen molar-refractivity contribution in [2.75, 3.05) is 26.5 Å². The van der Waals surface area contributed by atoms with Crippen LogP contribution in [0, 0.1) is 5.92 Å². The molecular formula is C24H26N6O3. The molecule has 0 aliphatic rings. The minimum absolute atomic E-state index is 0.165. The highest BCUT2D eigenvalue weighted by Crippen LogP contribution is 2.29. The van der Waals surface area contributed by atoms with E-state index < -0.39 is 0 Å². The molecule has 0 aliphatic heterocycles. The number of nitrogens with two attached hydrogens (primary N) is 1. The third kappa shape index (κ3) is 4.30. The van der Waals surface area contributed by atoms with Crippen molar-refractivity contribution in [3.8, 4) is 11.5 Å². The number of nitrogens with one attached hydrogen (secondary N) is 1. The number of benzene rings is 2. The van der Waals surface area contributed by atoms with Crippen LogP contribution in [0.3, 0.4) is 0 Å². The molecule has 4 rings (SSSR count). The lowest BCUT2D eigenvalue weighted by Crippen LogP contribution is -2.28. The van der Waals surface area contributed by atoms with E-state index in [1.54, 1.807) is 32.6 Å². The summed E-state index contributed by atoms with van der Waals surface area (Å²) in [6, 6.07) is 12.9. The fourth-order valence-electron chi connectivity index (χ4n) is 3.43. The highest BCUT2D eigenvalue weighted by molar-refractivity contribution is 6.10. The second-order valence-electron chi connectivity index (χ2n) is 7.92. The Morgan fingerprint density at radius 3 is 2.48 bits per heavy atom. The average molecular weight is 447 g/mol. The molecule has 9 nitrogen and oxygen atoms in total. The molecule has 0 aliphatic carbocycles. The number of ether oxygens (including phenoxy) is 2. The van der Waals surface area contributed by atoms with Gasteiger partial charge < -0.3 is 20.5 Å². The van der Waals surface area contributed by atoms with E-state index in [4.69, 9.17) is 20.2 Å². The van der Waals surface area contributed by atoms with E-state index >= 15 is 0 Å². The Labute approximate surface area is 191 Å². The van der Waals surface area contributed by atoms with Crippen molar-refractivity contribution in [2.24, 2.45) is 11.0 Å². The largest absolute Gasteiger partial charge is 0.493 e. The van der Waals surface area contributed by atoms with E-state index in [0.29, 0.717) is 46.2 Å². The molecule has 1 amide bonds. The SMILES string of the molecule is COc1ccc(C=Nn2c(N)c(C(=O)NCC(C)C)c3nc4ccccc4nc32)cc1OC. The molecule has 0 saturated heterocycles. The molecular weight excluding hydrogens is 420 g/mol. The lowest BCUT2D eigenvalue weighted by molar-refractivity contribution is 0.0951. The second kappa shape index (κ2) is 9.15. The van der Waals surface area contributed by atoms with Crippen LogP contribution in [0.5, 0.6) is 11.5 Å². The fraction of sp³-hybridized carbons (Fsp3) is 0.250. The standard InChI is InChI=1S/C24H26N6O3/c1-14(2)12-26-24(31)20-21-23(29-17-8-6-5-7-16(17)28-21)30(22(20)25)27-13-15-9-10-18(32-3)19(11-15)33-4/h5-11,13-14H,12,25H2,1-4H3,(H,26,31). The number of nitrogen functional groups attached to an aromatic ring is 1. The lowest BCUT2D eigenvalue weighted by Gasteiger charge is -2.08. The molecule has 0 bridgehead atoms. The van der Waals surface area contributed by atoms with Crippen LogP contribution >= 0.6 is 0 Å². The van der Waals surface area contributed by atoms with Crippen LogP contribution in [0.15, 0.2) is 47.6 Å². The van der Waals surface area contributed by atoms with Gasteiger partial charge in [-0.25, -0.2) is 9.97 Å². The van der Waals surface area contributed by atoms with Crippen LogP contribution in [0.4, 0.5) is 5.82 Å². The van der Waals surface area contributed by atoms with Gasteiger partial charge in [-0.05, 0) is 41.8 Å². The first-order valence-electron chi connectivity index (χ1n) is 10.5. The van der Waals surface area contributed by atoms with Crippen molar-refractivity contribution >= 4 is 40.1 Å². The molecule has 170 valence electrons. The van der Waals surface area contributed by atoms with Gasteiger partial charge >= 0.3 is 0 Å². The molecule has 0 unspecified atom stereocenters. The molecule has 0 atom stereocenters. The Balaban J connectivity index is 1.85. The number of carbonyl (C=O) groups is 1. The Kier molecular flexibility index (Phi) is 6.12. The molecule has 0 spiro atoms. The number of hydrogen-bond acceptors (Lipinski definition) is 7. The summed E-state index contributed by atoms with van der Waals surface area (Å²) < 4.78 is 12.1. The Morgan fingerprint density at radius 1 is 1.12 bits per heavy atom. The summed E-state index contributed by atoms with van der Waals surface area (Å²) >= 11 is 0. The van der Waals surface area contributed by atoms with Crippen molar-refractivity contribution < 1.29 is 14.3 Å². The highest BCUT2D eigenvalue weighted by Gasteiger charge is 2.24. The summed E-state index contributed by atoms with van der Waals surface area (Å²) in [5, 5.41) is 7.44. The van der Waals surface area contributed by atoms with E-state index in [9.17, 15) is 4.79 Å². The minimum Gasteiger partial charge on any atom is -0.493 e. The van der Waals surface area contributed by atoms with Crippen molar-refractivity contribution in [1.82, 2.24) is 20.0 Å². The predicted molar refractivity (Wildman–Crippen MR) is 129 cm³/mol. The van der Waals surface area contributed by atoms with Crippen molar-refractivity contribution in [3.63, 3.8) is 0 Å². The van der Waals surface area contributed by atoms with Crippen molar-refractivity contribution in [3.05, 3.63) is 53.6 Å². The number of methoxy groups -OCH3 is 2. The van der Waals surface area contributed by atoms with Crippen LogP contribution in [0.1, 0.15) is 29.8 Å². The zero-order chi connectivity index (χ0) is 23.5. The maximum Gasteiger partial charge on any atom is 0.257 e. The summed E-state index contributed by atoms with van der Waals surface area (Å²) in [5.74, 6) is 1.33. The topological polar surface area (TPSA) is 117 Å². The third-order valence-corrected chi connectivity index (χ3v) is 5.10. The smallest absolute Gasteiger partial charge is 0.257 e. The lowest BCUT2D eigenvalue weighted by atomic mass is 10.2. The van der Waals surface area contributed by atoms with Crippen LogP contribution in [-0.2, 0) is 0 Å². The maximum atomic E-state index is 13.0. The van der Waals surface area contributed by atoms with Crippen molar-refractivity contribution in [2.45, 2.75) is 13.8 Å². The first-order chi connectivity index (χ1) is 15.9. The van der Waals surface area contributed by atoms with Crippen molar-refractivity contribution in [1.29, 1.82) is 0 Å². The molecule has 33 heavy (non-hydrogen) atoms. The number of carbonyl (C=O) groups excluding carboxylic acids is 1. The van der Waals surface area contributed by atoms with Crippen LogP contribution < -0.4 is 20.5 Å². The summed E-state index contributed by atoms with van der Waals surface area (Å²) in [4.78, 5) is 22.4. The number of anilines is 1. The number of fused-ring (bicyclic) bond motifs is 2. The first kappa shape index (κ1) is 22.1. The van der Waals surface area contributed by atoms with Gasteiger partial charge in [-0.3, -0.25) is 4.79 Å². The first-order valence-corrected chi connectivity index (χ1v) is 10.5. The van der Waals surface area contributed by atoms with Gasteiger partial charge in [-0.1, -0.05) is 26.0 Å². The molecule has 2 aromatic heterocycles. The normalized spacial score (nSPS) is 11.5. The molecule has 2 heterocycles. The predicted octanol–water partition coefficient (Wildman–Crippen LogP) is 3.45. The number of rotatable bonds is 7. The number of amides is 1. The minimum atomic E-state index is -0.309. The molecule has 2 aromatic carbocycles. The molecule has 3 N–H and O–H groups in total. The number of nitrogens with zero attached hydrogens (tertiary/aromatic N) is 4. The van der Waals surface area contributed by atoms with Gasteiger partial charge in [-0.2, -0.15) is 9.78 Å². The summed E-state index contributed by atoms with van der Waals surface area (Å²) in [6.45, 7) is 4.56. The van der Waals surface area contributed by atoms with Crippen LogP contribution in [-0.4, -0.2) is 47.5 Å². The van der Waals surface area contributed by atoms with Gasteiger partial charge in [-0.15, -0.1) is 0 Å². The van der Waals surface area contributed by atoms with Gasteiger partial charge in [0.05, 0.1) is 31.5 Å². The zero-order valence-electron chi connectivity index (χ0n) is 19.0. The van der Waals surface area contributed by atoms with E-state index in [-0.39, 0.29) is 17.3 Å². The third-order valence-electron chi connectivity index (χ3n) is 5.10. The number of aromatic nitrogens is 3. The van der Waals surface area contributed by atoms with Gasteiger partial charge in [0, 0.05) is 6.54 Å². The maximum absolute atomic E-state index is 13.0. The van der Waals surface area contributed by atoms with E-state index in [2.05, 4.69) is 15.4 Å². The van der Waals surface area contributed by atoms with E-state index in [1.807, 2.05) is 44.2 Å². The monoisotopic (exact) mass is 446 g/mol. The van der Waals surface area contributed by atoms with Crippen LogP contribution in [0.2, 0.25) is 0 Å².